The zero-order chi connectivity index (χ0) is 15.0. The van der Waals surface area contributed by atoms with E-state index in [-0.39, 0.29) is 5.56 Å². The quantitative estimate of drug-likeness (QED) is 0.800. The number of fused-ring (bicyclic) bond motifs is 1. The largest absolute Gasteiger partial charge is 0.327 e. The Morgan fingerprint density at radius 3 is 2.90 bits per heavy atom. The van der Waals surface area contributed by atoms with Crippen molar-refractivity contribution in [2.45, 2.75) is 33.2 Å². The van der Waals surface area contributed by atoms with E-state index >= 15 is 0 Å². The van der Waals surface area contributed by atoms with Gasteiger partial charge in [-0.25, -0.2) is 4.98 Å². The Bertz CT molecular complexity index is 831. The van der Waals surface area contributed by atoms with E-state index in [4.69, 9.17) is 0 Å². The van der Waals surface area contributed by atoms with Gasteiger partial charge in [0, 0.05) is 24.0 Å². The molecular weight excluding hydrogens is 288 g/mol. The normalized spacial score (nSPS) is 11.4. The summed E-state index contributed by atoms with van der Waals surface area (Å²) < 4.78 is 3.17. The third-order valence-electron chi connectivity index (χ3n) is 3.04. The maximum Gasteiger partial charge on any atom is 0.275 e. The van der Waals surface area contributed by atoms with Crippen LogP contribution in [0.3, 0.4) is 0 Å². The molecule has 0 saturated heterocycles. The fourth-order valence-corrected chi connectivity index (χ4v) is 2.74. The van der Waals surface area contributed by atoms with Crippen LogP contribution in [0.1, 0.15) is 32.5 Å². The number of hydrogen-bond acceptors (Lipinski definition) is 6. The standard InChI is InChI=1S/C13H16N6OS/c1-4-9-5-11(20)19-13(16-9)21-12(17-19)15-10-6-14-18(7-10)8(2)3/h5-8H,4H2,1-3H3,(H,15,17). The van der Waals surface area contributed by atoms with Gasteiger partial charge < -0.3 is 5.32 Å². The second kappa shape index (κ2) is 5.28. The van der Waals surface area contributed by atoms with Crippen LogP contribution in [0.5, 0.6) is 0 Å². The second-order valence-electron chi connectivity index (χ2n) is 4.97. The summed E-state index contributed by atoms with van der Waals surface area (Å²) in [6.07, 6.45) is 4.37. The molecule has 3 heterocycles. The first-order valence-electron chi connectivity index (χ1n) is 6.78. The highest BCUT2D eigenvalue weighted by atomic mass is 32.1. The molecule has 0 unspecified atom stereocenters. The minimum atomic E-state index is -0.154. The van der Waals surface area contributed by atoms with Crippen LogP contribution in [-0.2, 0) is 6.42 Å². The molecule has 0 radical (unpaired) electrons. The average Bonchev–Trinajstić information content (AvgIpc) is 3.05. The summed E-state index contributed by atoms with van der Waals surface area (Å²) in [5, 5.41) is 12.3. The summed E-state index contributed by atoms with van der Waals surface area (Å²) in [6, 6.07) is 1.82. The molecule has 0 amide bonds. The summed E-state index contributed by atoms with van der Waals surface area (Å²) in [4.78, 5) is 16.9. The van der Waals surface area contributed by atoms with Gasteiger partial charge in [-0.15, -0.1) is 5.10 Å². The Kier molecular flexibility index (Phi) is 3.46. The molecule has 8 heteroatoms. The Balaban J connectivity index is 1.93. The van der Waals surface area contributed by atoms with Gasteiger partial charge in [0.05, 0.1) is 11.9 Å². The SMILES string of the molecule is CCc1cc(=O)n2nc(Nc3cnn(C(C)C)c3)sc2n1. The van der Waals surface area contributed by atoms with Crippen LogP contribution in [-0.4, -0.2) is 24.4 Å². The summed E-state index contributed by atoms with van der Waals surface area (Å²) in [5.41, 5.74) is 1.47. The Labute approximate surface area is 125 Å². The van der Waals surface area contributed by atoms with Crippen molar-refractivity contribution in [1.29, 1.82) is 0 Å². The zero-order valence-electron chi connectivity index (χ0n) is 12.1. The predicted octanol–water partition coefficient (Wildman–Crippen LogP) is 2.23. The van der Waals surface area contributed by atoms with Gasteiger partial charge >= 0.3 is 0 Å². The van der Waals surface area contributed by atoms with E-state index in [2.05, 4.69) is 34.3 Å². The van der Waals surface area contributed by atoms with Gasteiger partial charge in [0.2, 0.25) is 10.1 Å². The number of aromatic nitrogens is 5. The third kappa shape index (κ3) is 2.66. The lowest BCUT2D eigenvalue weighted by Gasteiger charge is -2.02. The predicted molar refractivity (Wildman–Crippen MR) is 82.4 cm³/mol. The van der Waals surface area contributed by atoms with Gasteiger partial charge in [-0.3, -0.25) is 9.48 Å². The van der Waals surface area contributed by atoms with E-state index in [9.17, 15) is 4.79 Å². The molecule has 0 spiro atoms. The molecule has 21 heavy (non-hydrogen) atoms. The second-order valence-corrected chi connectivity index (χ2v) is 5.92. The van der Waals surface area contributed by atoms with Gasteiger partial charge in [-0.05, 0) is 20.3 Å². The number of nitrogens with one attached hydrogen (secondary N) is 1. The van der Waals surface area contributed by atoms with E-state index in [1.165, 1.54) is 21.9 Å². The van der Waals surface area contributed by atoms with E-state index in [1.54, 1.807) is 6.20 Å². The molecule has 3 rings (SSSR count). The van der Waals surface area contributed by atoms with Crippen LogP contribution < -0.4 is 10.9 Å². The lowest BCUT2D eigenvalue weighted by Crippen LogP contribution is -2.15. The maximum absolute atomic E-state index is 11.9. The summed E-state index contributed by atoms with van der Waals surface area (Å²) in [5.74, 6) is 0. The summed E-state index contributed by atoms with van der Waals surface area (Å²) in [7, 11) is 0. The molecule has 0 aliphatic rings. The fraction of sp³-hybridized carbons (Fsp3) is 0.385. The van der Waals surface area contributed by atoms with Gasteiger partial charge in [0.1, 0.15) is 0 Å². The highest BCUT2D eigenvalue weighted by Crippen LogP contribution is 2.21. The van der Waals surface area contributed by atoms with Crippen LogP contribution >= 0.6 is 11.3 Å². The lowest BCUT2D eigenvalue weighted by atomic mass is 10.3. The van der Waals surface area contributed by atoms with E-state index in [0.29, 0.717) is 16.1 Å². The smallest absolute Gasteiger partial charge is 0.275 e. The fourth-order valence-electron chi connectivity index (χ4n) is 1.90. The minimum Gasteiger partial charge on any atom is -0.327 e. The molecule has 0 saturated carbocycles. The van der Waals surface area contributed by atoms with Crippen molar-refractivity contribution in [3.8, 4) is 0 Å². The first-order chi connectivity index (χ1) is 10.1. The van der Waals surface area contributed by atoms with E-state index in [1.807, 2.05) is 17.8 Å². The van der Waals surface area contributed by atoms with Crippen molar-refractivity contribution >= 4 is 27.1 Å². The highest BCUT2D eigenvalue weighted by molar-refractivity contribution is 7.20. The molecule has 3 aromatic rings. The Morgan fingerprint density at radius 1 is 1.43 bits per heavy atom. The van der Waals surface area contributed by atoms with Crippen molar-refractivity contribution < 1.29 is 0 Å². The summed E-state index contributed by atoms with van der Waals surface area (Å²) >= 11 is 1.35. The maximum atomic E-state index is 11.9. The van der Waals surface area contributed by atoms with E-state index in [0.717, 1.165) is 17.8 Å². The van der Waals surface area contributed by atoms with Crippen LogP contribution in [0, 0.1) is 0 Å². The van der Waals surface area contributed by atoms with Crippen LogP contribution in [0.2, 0.25) is 0 Å². The molecular formula is C13H16N6OS. The van der Waals surface area contributed by atoms with Crippen molar-refractivity contribution in [3.05, 3.63) is 34.5 Å². The molecule has 1 N–H and O–H groups in total. The number of anilines is 2. The topological polar surface area (TPSA) is 77.1 Å². The summed E-state index contributed by atoms with van der Waals surface area (Å²) in [6.45, 7) is 6.09. The van der Waals surface area contributed by atoms with Gasteiger partial charge in [0.15, 0.2) is 0 Å². The molecule has 0 aromatic carbocycles. The molecule has 7 nitrogen and oxygen atoms in total. The van der Waals surface area contributed by atoms with Gasteiger partial charge in [-0.2, -0.15) is 9.61 Å². The molecule has 0 aliphatic carbocycles. The Hall–Kier alpha value is -2.22. The van der Waals surface area contributed by atoms with Crippen molar-refractivity contribution in [3.63, 3.8) is 0 Å². The minimum absolute atomic E-state index is 0.154. The van der Waals surface area contributed by atoms with E-state index < -0.39 is 0 Å². The molecule has 0 atom stereocenters. The van der Waals surface area contributed by atoms with Crippen LogP contribution in [0.15, 0.2) is 23.3 Å². The third-order valence-corrected chi connectivity index (χ3v) is 3.87. The first kappa shape index (κ1) is 13.7. The number of aryl methyl sites for hydroxylation is 1. The zero-order valence-corrected chi connectivity index (χ0v) is 12.9. The number of rotatable bonds is 4. The molecule has 0 aliphatic heterocycles. The Morgan fingerprint density at radius 2 is 2.24 bits per heavy atom. The molecule has 0 fully saturated rings. The van der Waals surface area contributed by atoms with Crippen LogP contribution in [0.25, 0.3) is 4.96 Å². The number of hydrogen-bond donors (Lipinski definition) is 1. The highest BCUT2D eigenvalue weighted by Gasteiger charge is 2.09. The molecule has 110 valence electrons. The number of nitrogens with zero attached hydrogens (tertiary/aromatic N) is 5. The lowest BCUT2D eigenvalue weighted by molar-refractivity contribution is 0.532. The average molecular weight is 304 g/mol. The van der Waals surface area contributed by atoms with Crippen molar-refractivity contribution in [1.82, 2.24) is 24.4 Å². The van der Waals surface area contributed by atoms with Gasteiger partial charge in [0.25, 0.3) is 5.56 Å². The first-order valence-corrected chi connectivity index (χ1v) is 7.59. The molecule has 3 aromatic heterocycles. The van der Waals surface area contributed by atoms with Crippen molar-refractivity contribution in [2.75, 3.05) is 5.32 Å². The molecule has 0 bridgehead atoms. The van der Waals surface area contributed by atoms with Gasteiger partial charge in [-0.1, -0.05) is 18.3 Å². The van der Waals surface area contributed by atoms with Crippen molar-refractivity contribution in [2.24, 2.45) is 0 Å². The monoisotopic (exact) mass is 304 g/mol. The van der Waals surface area contributed by atoms with Crippen LogP contribution in [0.4, 0.5) is 10.8 Å².